The van der Waals surface area contributed by atoms with Crippen molar-refractivity contribution in [3.05, 3.63) is 29.8 Å². The number of ether oxygens (including phenoxy) is 1. The van der Waals surface area contributed by atoms with Gasteiger partial charge in [-0.3, -0.25) is 9.00 Å². The summed E-state index contributed by atoms with van der Waals surface area (Å²) in [7, 11) is 0. The predicted octanol–water partition coefficient (Wildman–Crippen LogP) is -0.0285. The van der Waals surface area contributed by atoms with Gasteiger partial charge in [-0.1, -0.05) is 12.1 Å². The van der Waals surface area contributed by atoms with Gasteiger partial charge in [0.15, 0.2) is 0 Å². The second-order valence-corrected chi connectivity index (χ2v) is 3.42. The van der Waals surface area contributed by atoms with Crippen molar-refractivity contribution < 1.29 is 18.3 Å². The zero-order valence-corrected chi connectivity index (χ0v) is 7.74. The van der Waals surface area contributed by atoms with Crippen LogP contribution in [0, 0.1) is 0 Å². The Kier molecular flexibility index (Phi) is 2.32. The monoisotopic (exact) mass is 212 g/mol. The molecule has 6 heteroatoms. The molecule has 2 rings (SSSR count). The molecule has 0 aromatic heterocycles. The standard InChI is InChI=1S/C8H7NO4S/c10-7-5-3-1-2-4-6(5)13-8(7)9-14(11)12/h1-4,8-9H,(H,11,12)/p-1. The van der Waals surface area contributed by atoms with E-state index >= 15 is 0 Å². The van der Waals surface area contributed by atoms with Crippen LogP contribution in [0.2, 0.25) is 0 Å². The number of nitrogens with one attached hydrogen (secondary N) is 1. The molecule has 1 aliphatic rings. The lowest BCUT2D eigenvalue weighted by molar-refractivity contribution is 0.0842. The first-order valence-electron chi connectivity index (χ1n) is 3.84. The van der Waals surface area contributed by atoms with E-state index in [0.717, 1.165) is 0 Å². The lowest BCUT2D eigenvalue weighted by atomic mass is 10.1. The molecule has 1 aromatic rings. The summed E-state index contributed by atoms with van der Waals surface area (Å²) in [5.41, 5.74) is 0.399. The van der Waals surface area contributed by atoms with Crippen LogP contribution in [0.4, 0.5) is 0 Å². The van der Waals surface area contributed by atoms with E-state index in [1.54, 1.807) is 24.3 Å². The topological polar surface area (TPSA) is 78.5 Å². The van der Waals surface area contributed by atoms with E-state index in [2.05, 4.69) is 0 Å². The van der Waals surface area contributed by atoms with E-state index in [4.69, 9.17) is 4.74 Å². The molecule has 0 amide bonds. The SMILES string of the molecule is O=C1c2ccccc2OC1NS(=O)[O-]. The van der Waals surface area contributed by atoms with E-state index < -0.39 is 17.5 Å². The van der Waals surface area contributed by atoms with E-state index in [1.165, 1.54) is 0 Å². The fourth-order valence-corrected chi connectivity index (χ4v) is 1.59. The zero-order chi connectivity index (χ0) is 10.1. The lowest BCUT2D eigenvalue weighted by Gasteiger charge is -2.12. The third kappa shape index (κ3) is 1.54. The summed E-state index contributed by atoms with van der Waals surface area (Å²) >= 11 is -2.51. The molecule has 0 bridgehead atoms. The fourth-order valence-electron chi connectivity index (χ4n) is 1.26. The van der Waals surface area contributed by atoms with Gasteiger partial charge in [0.25, 0.3) is 0 Å². The lowest BCUT2D eigenvalue weighted by Crippen LogP contribution is -2.38. The molecule has 2 atom stereocenters. The minimum Gasteiger partial charge on any atom is -0.760 e. The van der Waals surface area contributed by atoms with Crippen molar-refractivity contribution in [2.45, 2.75) is 6.23 Å². The van der Waals surface area contributed by atoms with Gasteiger partial charge in [0.1, 0.15) is 5.75 Å². The number of fused-ring (bicyclic) bond motifs is 1. The summed E-state index contributed by atoms with van der Waals surface area (Å²) in [5, 5.41) is 0. The smallest absolute Gasteiger partial charge is 0.224 e. The molecule has 0 fully saturated rings. The minimum absolute atomic E-state index is 0.371. The maximum absolute atomic E-state index is 11.5. The molecule has 1 aliphatic heterocycles. The molecular formula is C8H6NO4S-. The van der Waals surface area contributed by atoms with Crippen LogP contribution in [0.3, 0.4) is 0 Å². The molecule has 5 nitrogen and oxygen atoms in total. The third-order valence-corrected chi connectivity index (χ3v) is 2.25. The van der Waals surface area contributed by atoms with Gasteiger partial charge in [0.2, 0.25) is 12.0 Å². The van der Waals surface area contributed by atoms with Crippen LogP contribution in [0.1, 0.15) is 10.4 Å². The summed E-state index contributed by atoms with van der Waals surface area (Å²) in [4.78, 5) is 11.5. The van der Waals surface area contributed by atoms with Gasteiger partial charge >= 0.3 is 0 Å². The normalized spacial score (nSPS) is 21.5. The Morgan fingerprint density at radius 3 is 2.79 bits per heavy atom. The highest BCUT2D eigenvalue weighted by molar-refractivity contribution is 7.77. The summed E-state index contributed by atoms with van der Waals surface area (Å²) in [6, 6.07) is 6.61. The van der Waals surface area contributed by atoms with Gasteiger partial charge in [-0.2, -0.15) is 0 Å². The molecule has 0 spiro atoms. The van der Waals surface area contributed by atoms with Gasteiger partial charge in [0.05, 0.1) is 5.56 Å². The van der Waals surface area contributed by atoms with Crippen LogP contribution in [0.5, 0.6) is 5.75 Å². The number of carbonyl (C=O) groups is 1. The third-order valence-electron chi connectivity index (χ3n) is 1.84. The first-order valence-corrected chi connectivity index (χ1v) is 4.91. The van der Waals surface area contributed by atoms with Crippen LogP contribution in [0.25, 0.3) is 0 Å². The van der Waals surface area contributed by atoms with Gasteiger partial charge in [-0.15, -0.1) is 0 Å². The van der Waals surface area contributed by atoms with Crippen molar-refractivity contribution in [1.29, 1.82) is 0 Å². The Labute approximate surface area is 82.5 Å². The van der Waals surface area contributed by atoms with Crippen molar-refractivity contribution >= 4 is 17.0 Å². The Bertz CT molecular complexity index is 406. The van der Waals surface area contributed by atoms with Crippen molar-refractivity contribution in [1.82, 2.24) is 4.72 Å². The van der Waals surface area contributed by atoms with Crippen LogP contribution in [-0.4, -0.2) is 20.8 Å². The molecule has 1 heterocycles. The van der Waals surface area contributed by atoms with Gasteiger partial charge in [-0.05, 0) is 12.1 Å². The average Bonchev–Trinajstić information content (AvgIpc) is 2.44. The highest BCUT2D eigenvalue weighted by atomic mass is 32.2. The number of hydrogen-bond donors (Lipinski definition) is 1. The molecule has 1 aromatic carbocycles. The first kappa shape index (κ1) is 9.32. The molecule has 14 heavy (non-hydrogen) atoms. The number of carbonyl (C=O) groups excluding carboxylic acids is 1. The van der Waals surface area contributed by atoms with E-state index in [9.17, 15) is 13.6 Å². The van der Waals surface area contributed by atoms with E-state index in [0.29, 0.717) is 11.3 Å². The second-order valence-electron chi connectivity index (χ2n) is 2.71. The predicted molar refractivity (Wildman–Crippen MR) is 47.2 cm³/mol. The molecule has 0 saturated heterocycles. The number of benzene rings is 1. The molecule has 1 N–H and O–H groups in total. The van der Waals surface area contributed by atoms with Gasteiger partial charge < -0.3 is 9.29 Å². The molecule has 74 valence electrons. The summed E-state index contributed by atoms with van der Waals surface area (Å²) in [6.07, 6.45) is -1.12. The minimum atomic E-state index is -2.51. The Morgan fingerprint density at radius 2 is 2.14 bits per heavy atom. The Balaban J connectivity index is 2.26. The summed E-state index contributed by atoms with van der Waals surface area (Å²) in [5.74, 6) is 0.0326. The van der Waals surface area contributed by atoms with Crippen molar-refractivity contribution in [2.75, 3.05) is 0 Å². The summed E-state index contributed by atoms with van der Waals surface area (Å²) in [6.45, 7) is 0. The molecule has 0 aliphatic carbocycles. The zero-order valence-electron chi connectivity index (χ0n) is 6.93. The number of para-hydroxylation sites is 1. The molecule has 0 saturated carbocycles. The number of Topliss-reactive ketones (excluding diaryl/α,β-unsaturated/α-hetero) is 1. The van der Waals surface area contributed by atoms with E-state index in [-0.39, 0.29) is 5.78 Å². The highest BCUT2D eigenvalue weighted by Crippen LogP contribution is 2.26. The van der Waals surface area contributed by atoms with Crippen LogP contribution in [0.15, 0.2) is 24.3 Å². The van der Waals surface area contributed by atoms with Gasteiger partial charge in [-0.25, -0.2) is 4.72 Å². The van der Waals surface area contributed by atoms with Crippen molar-refractivity contribution in [2.24, 2.45) is 0 Å². The fraction of sp³-hybridized carbons (Fsp3) is 0.125. The maximum Gasteiger partial charge on any atom is 0.224 e. The van der Waals surface area contributed by atoms with Crippen LogP contribution >= 0.6 is 0 Å². The van der Waals surface area contributed by atoms with Crippen molar-refractivity contribution in [3.8, 4) is 5.75 Å². The average molecular weight is 212 g/mol. The van der Waals surface area contributed by atoms with E-state index in [1.807, 2.05) is 4.72 Å². The Hall–Kier alpha value is -1.24. The molecular weight excluding hydrogens is 206 g/mol. The Morgan fingerprint density at radius 1 is 1.43 bits per heavy atom. The number of ketones is 1. The maximum atomic E-state index is 11.5. The van der Waals surface area contributed by atoms with Crippen LogP contribution < -0.4 is 9.46 Å². The van der Waals surface area contributed by atoms with Crippen LogP contribution in [-0.2, 0) is 11.3 Å². The summed E-state index contributed by atoms with van der Waals surface area (Å²) < 4.78 is 27.7. The molecule has 2 unspecified atom stereocenters. The van der Waals surface area contributed by atoms with Gasteiger partial charge in [0, 0.05) is 11.3 Å². The van der Waals surface area contributed by atoms with Crippen molar-refractivity contribution in [3.63, 3.8) is 0 Å². The second kappa shape index (κ2) is 3.49. The number of hydrogen-bond acceptors (Lipinski definition) is 4. The molecule has 0 radical (unpaired) electrons. The highest BCUT2D eigenvalue weighted by Gasteiger charge is 2.31. The largest absolute Gasteiger partial charge is 0.760 e. The quantitative estimate of drug-likeness (QED) is 0.698. The number of rotatable bonds is 2. The first-order chi connectivity index (χ1) is 6.68.